The molecule has 0 saturated carbocycles. The number of piperazine rings is 1. The number of nitrogen functional groups attached to an aromatic ring is 1. The smallest absolute Gasteiger partial charge is 0.228 e. The van der Waals surface area contributed by atoms with Gasteiger partial charge in [-0.3, -0.25) is 9.69 Å². The molecule has 3 saturated heterocycles. The van der Waals surface area contributed by atoms with E-state index in [0.29, 0.717) is 30.5 Å². The van der Waals surface area contributed by atoms with Crippen molar-refractivity contribution in [3.05, 3.63) is 47.5 Å². The van der Waals surface area contributed by atoms with E-state index in [9.17, 15) is 13.6 Å². The second-order valence-corrected chi connectivity index (χ2v) is 12.2. The SMILES string of the molecule is CCc1cc(N)c(OC)cc1N1CCC(N2CCN(C(=O)C3CN(c4cc(F)cc(F)c4)CC3(C)C)CC2)CC1. The standard InChI is InChI=1S/C31H43F2N5O2/c1-5-21-14-27(34)29(40-4)18-28(21)36-8-6-24(7-9-36)35-10-12-37(13-11-35)30(39)26-19-38(20-31(26,2)3)25-16-22(32)15-23(33)17-25/h14-18,24,26H,5-13,19-20,34H2,1-4H3. The fourth-order valence-electron chi connectivity index (χ4n) is 6.85. The average molecular weight is 556 g/mol. The third-order valence-corrected chi connectivity index (χ3v) is 9.21. The van der Waals surface area contributed by atoms with Crippen LogP contribution < -0.4 is 20.3 Å². The van der Waals surface area contributed by atoms with Crippen LogP contribution in [-0.2, 0) is 11.2 Å². The van der Waals surface area contributed by atoms with Crippen LogP contribution in [0.1, 0.15) is 39.2 Å². The molecule has 1 amide bonds. The van der Waals surface area contributed by atoms with Gasteiger partial charge in [0.25, 0.3) is 0 Å². The van der Waals surface area contributed by atoms with Gasteiger partial charge in [-0.1, -0.05) is 20.8 Å². The Morgan fingerprint density at radius 1 is 0.975 bits per heavy atom. The summed E-state index contributed by atoms with van der Waals surface area (Å²) in [5.74, 6) is -0.514. The molecule has 2 N–H and O–H groups in total. The van der Waals surface area contributed by atoms with E-state index in [-0.39, 0.29) is 17.2 Å². The Hall–Kier alpha value is -3.07. The minimum absolute atomic E-state index is 0.156. The lowest BCUT2D eigenvalue weighted by molar-refractivity contribution is -0.139. The van der Waals surface area contributed by atoms with Crippen molar-refractivity contribution in [3.8, 4) is 5.75 Å². The number of amides is 1. The predicted molar refractivity (Wildman–Crippen MR) is 156 cm³/mol. The highest BCUT2D eigenvalue weighted by Gasteiger charge is 2.46. The van der Waals surface area contributed by atoms with Crippen molar-refractivity contribution < 1.29 is 18.3 Å². The summed E-state index contributed by atoms with van der Waals surface area (Å²) < 4.78 is 33.2. The largest absolute Gasteiger partial charge is 0.495 e. The lowest BCUT2D eigenvalue weighted by atomic mass is 9.81. The van der Waals surface area contributed by atoms with Gasteiger partial charge in [-0.25, -0.2) is 8.78 Å². The monoisotopic (exact) mass is 555 g/mol. The number of ether oxygens (including phenoxy) is 1. The summed E-state index contributed by atoms with van der Waals surface area (Å²) in [4.78, 5) is 22.6. The van der Waals surface area contributed by atoms with E-state index in [1.165, 1.54) is 23.4 Å². The lowest BCUT2D eigenvalue weighted by Crippen LogP contribution is -2.56. The van der Waals surface area contributed by atoms with E-state index in [1.54, 1.807) is 7.11 Å². The summed E-state index contributed by atoms with van der Waals surface area (Å²) in [7, 11) is 1.66. The first kappa shape index (κ1) is 28.5. The van der Waals surface area contributed by atoms with Gasteiger partial charge in [-0.15, -0.1) is 0 Å². The minimum Gasteiger partial charge on any atom is -0.495 e. The van der Waals surface area contributed by atoms with E-state index in [2.05, 4.69) is 36.6 Å². The first-order chi connectivity index (χ1) is 19.1. The fourth-order valence-corrected chi connectivity index (χ4v) is 6.85. The van der Waals surface area contributed by atoms with E-state index >= 15 is 0 Å². The molecule has 0 spiro atoms. The number of halogens is 2. The maximum atomic E-state index is 13.8. The molecule has 0 bridgehead atoms. The van der Waals surface area contributed by atoms with Gasteiger partial charge in [0.1, 0.15) is 17.4 Å². The lowest BCUT2D eigenvalue weighted by Gasteiger charge is -2.44. The van der Waals surface area contributed by atoms with Gasteiger partial charge in [0.05, 0.1) is 18.7 Å². The number of carbonyl (C=O) groups excluding carboxylic acids is 1. The molecule has 40 heavy (non-hydrogen) atoms. The van der Waals surface area contributed by atoms with Crippen LogP contribution in [0, 0.1) is 23.0 Å². The number of nitrogens with two attached hydrogens (primary N) is 1. The topological polar surface area (TPSA) is 65.3 Å². The van der Waals surface area contributed by atoms with Gasteiger partial charge in [0, 0.05) is 81.9 Å². The molecule has 1 atom stereocenters. The Morgan fingerprint density at radius 3 is 2.23 bits per heavy atom. The van der Waals surface area contributed by atoms with Crippen molar-refractivity contribution in [2.24, 2.45) is 11.3 Å². The number of methoxy groups -OCH3 is 1. The van der Waals surface area contributed by atoms with Crippen LogP contribution in [0.15, 0.2) is 30.3 Å². The molecule has 0 radical (unpaired) electrons. The molecule has 9 heteroatoms. The summed E-state index contributed by atoms with van der Waals surface area (Å²) >= 11 is 0. The zero-order valence-corrected chi connectivity index (χ0v) is 24.3. The molecule has 3 aliphatic heterocycles. The van der Waals surface area contributed by atoms with Crippen molar-refractivity contribution in [2.75, 3.05) is 75.0 Å². The second kappa shape index (κ2) is 11.4. The van der Waals surface area contributed by atoms with Gasteiger partial charge in [0.15, 0.2) is 0 Å². The zero-order chi connectivity index (χ0) is 28.6. The first-order valence-corrected chi connectivity index (χ1v) is 14.5. The summed E-state index contributed by atoms with van der Waals surface area (Å²) in [6.45, 7) is 12.5. The molecule has 2 aromatic rings. The number of carbonyl (C=O) groups is 1. The maximum absolute atomic E-state index is 13.8. The number of hydrogen-bond acceptors (Lipinski definition) is 6. The number of anilines is 3. The minimum atomic E-state index is -0.594. The van der Waals surface area contributed by atoms with Crippen LogP contribution in [-0.4, -0.2) is 81.2 Å². The maximum Gasteiger partial charge on any atom is 0.228 e. The number of piperidine rings is 1. The van der Waals surface area contributed by atoms with Crippen molar-refractivity contribution in [1.29, 1.82) is 0 Å². The van der Waals surface area contributed by atoms with Gasteiger partial charge >= 0.3 is 0 Å². The zero-order valence-electron chi connectivity index (χ0n) is 24.3. The number of aryl methyl sites for hydroxylation is 1. The van der Waals surface area contributed by atoms with E-state index in [4.69, 9.17) is 10.5 Å². The molecule has 1 unspecified atom stereocenters. The van der Waals surface area contributed by atoms with Crippen LogP contribution in [0.3, 0.4) is 0 Å². The highest BCUT2D eigenvalue weighted by atomic mass is 19.1. The molecular formula is C31H43F2N5O2. The van der Waals surface area contributed by atoms with Gasteiger partial charge in [0.2, 0.25) is 5.91 Å². The summed E-state index contributed by atoms with van der Waals surface area (Å²) in [5, 5.41) is 0. The van der Waals surface area contributed by atoms with Crippen LogP contribution in [0.25, 0.3) is 0 Å². The van der Waals surface area contributed by atoms with Crippen LogP contribution in [0.5, 0.6) is 5.75 Å². The molecular weight excluding hydrogens is 512 g/mol. The number of rotatable bonds is 6. The summed E-state index contributed by atoms with van der Waals surface area (Å²) in [6.07, 6.45) is 3.09. The van der Waals surface area contributed by atoms with Gasteiger partial charge in [-0.05, 0) is 48.4 Å². The quantitative estimate of drug-likeness (QED) is 0.534. The predicted octanol–water partition coefficient (Wildman–Crippen LogP) is 4.39. The Morgan fingerprint density at radius 2 is 1.62 bits per heavy atom. The van der Waals surface area contributed by atoms with Crippen molar-refractivity contribution in [2.45, 2.75) is 46.1 Å². The molecule has 218 valence electrons. The Balaban J connectivity index is 1.16. The van der Waals surface area contributed by atoms with Crippen LogP contribution >= 0.6 is 0 Å². The second-order valence-electron chi connectivity index (χ2n) is 12.2. The molecule has 5 rings (SSSR count). The third kappa shape index (κ3) is 5.71. The van der Waals surface area contributed by atoms with Crippen LogP contribution in [0.2, 0.25) is 0 Å². The number of nitrogens with zero attached hydrogens (tertiary/aromatic N) is 4. The molecule has 0 aliphatic carbocycles. The molecule has 2 aromatic carbocycles. The van der Waals surface area contributed by atoms with Crippen molar-refractivity contribution in [1.82, 2.24) is 9.80 Å². The fraction of sp³-hybridized carbons (Fsp3) is 0.581. The van der Waals surface area contributed by atoms with Crippen molar-refractivity contribution in [3.63, 3.8) is 0 Å². The average Bonchev–Trinajstić information content (AvgIpc) is 3.27. The molecule has 3 heterocycles. The van der Waals surface area contributed by atoms with Gasteiger partial charge < -0.3 is 25.2 Å². The molecule has 7 nitrogen and oxygen atoms in total. The summed E-state index contributed by atoms with van der Waals surface area (Å²) in [6, 6.07) is 8.21. The normalized spacial score (nSPS) is 22.1. The Bertz CT molecular complexity index is 1200. The number of hydrogen-bond donors (Lipinski definition) is 1. The van der Waals surface area contributed by atoms with Crippen LogP contribution in [0.4, 0.5) is 25.8 Å². The summed E-state index contributed by atoms with van der Waals surface area (Å²) in [5.41, 5.74) is 9.52. The molecule has 3 fully saturated rings. The molecule has 3 aliphatic rings. The highest BCUT2D eigenvalue weighted by Crippen LogP contribution is 2.39. The van der Waals surface area contributed by atoms with Gasteiger partial charge in [-0.2, -0.15) is 0 Å². The molecule has 0 aromatic heterocycles. The Labute approximate surface area is 236 Å². The first-order valence-electron chi connectivity index (χ1n) is 14.5. The Kier molecular flexibility index (Phi) is 8.13. The van der Waals surface area contributed by atoms with E-state index < -0.39 is 11.6 Å². The van der Waals surface area contributed by atoms with E-state index in [1.807, 2.05) is 15.9 Å². The highest BCUT2D eigenvalue weighted by molar-refractivity contribution is 5.81. The third-order valence-electron chi connectivity index (χ3n) is 9.21. The van der Waals surface area contributed by atoms with E-state index in [0.717, 1.165) is 70.3 Å². The van der Waals surface area contributed by atoms with Crippen molar-refractivity contribution >= 4 is 23.0 Å². The number of benzene rings is 2.